The van der Waals surface area contributed by atoms with E-state index in [9.17, 15) is 4.79 Å². The molecule has 0 aliphatic rings. The molecule has 0 unspecified atom stereocenters. The van der Waals surface area contributed by atoms with E-state index < -0.39 is 0 Å². The van der Waals surface area contributed by atoms with Crippen LogP contribution < -0.4 is 5.32 Å². The van der Waals surface area contributed by atoms with Gasteiger partial charge in [-0.2, -0.15) is 5.10 Å². The standard InChI is InChI=1S/C21H21N5O/c1-3-15(14-22-4-2)5-7-19-18-13-17(6-8-20(18)26-25-19)24-21(27)16-9-11-23-12-10-16/h4-14H,3H2,1-2H3,(H,24,27)(H,25,26)/b7-5+,15-14+,22-4?. The number of nitrogens with zero attached hydrogens (tertiary/aromatic N) is 3. The number of hydrogen-bond donors (Lipinski definition) is 2. The van der Waals surface area contributed by atoms with Gasteiger partial charge in [0.05, 0.1) is 11.2 Å². The van der Waals surface area contributed by atoms with Gasteiger partial charge in [-0.1, -0.05) is 13.0 Å². The zero-order valence-electron chi connectivity index (χ0n) is 15.3. The van der Waals surface area contributed by atoms with Crippen LogP contribution in [0.15, 0.2) is 65.6 Å². The van der Waals surface area contributed by atoms with Gasteiger partial charge in [0.25, 0.3) is 5.91 Å². The molecule has 0 spiro atoms. The Balaban J connectivity index is 1.85. The van der Waals surface area contributed by atoms with Gasteiger partial charge in [0.2, 0.25) is 0 Å². The predicted molar refractivity (Wildman–Crippen MR) is 110 cm³/mol. The SMILES string of the molecule is CC=N/C=C(/C=C/c1n[nH]c2ccc(NC(=O)c3ccncc3)cc12)CC. The topological polar surface area (TPSA) is 83.0 Å². The molecule has 3 rings (SSSR count). The van der Waals surface area contributed by atoms with Crippen LogP contribution in [0.5, 0.6) is 0 Å². The Bertz CT molecular complexity index is 1020. The number of anilines is 1. The van der Waals surface area contributed by atoms with Gasteiger partial charge < -0.3 is 5.32 Å². The number of fused-ring (bicyclic) bond motifs is 1. The van der Waals surface area contributed by atoms with Crippen molar-refractivity contribution in [3.63, 3.8) is 0 Å². The number of allylic oxidation sites excluding steroid dienone is 2. The summed E-state index contributed by atoms with van der Waals surface area (Å²) in [5.74, 6) is -0.175. The molecule has 1 aromatic carbocycles. The number of amides is 1. The number of H-pyrrole nitrogens is 1. The van der Waals surface area contributed by atoms with Crippen molar-refractivity contribution in [1.29, 1.82) is 0 Å². The van der Waals surface area contributed by atoms with Crippen LogP contribution in [-0.2, 0) is 0 Å². The zero-order chi connectivity index (χ0) is 19.1. The van der Waals surface area contributed by atoms with E-state index in [4.69, 9.17) is 0 Å². The molecule has 0 fully saturated rings. The Hall–Kier alpha value is -3.54. The molecular formula is C21H21N5O. The molecule has 1 amide bonds. The van der Waals surface area contributed by atoms with E-state index >= 15 is 0 Å². The Labute approximate surface area is 157 Å². The van der Waals surface area contributed by atoms with Crippen LogP contribution in [0.3, 0.4) is 0 Å². The van der Waals surface area contributed by atoms with Gasteiger partial charge in [0.15, 0.2) is 0 Å². The number of aromatic amines is 1. The fraction of sp³-hybridized carbons (Fsp3) is 0.143. The molecular weight excluding hydrogens is 338 g/mol. The third-order valence-electron chi connectivity index (χ3n) is 4.05. The second-order valence-corrected chi connectivity index (χ2v) is 5.86. The van der Waals surface area contributed by atoms with Crippen LogP contribution in [0.4, 0.5) is 5.69 Å². The summed E-state index contributed by atoms with van der Waals surface area (Å²) < 4.78 is 0. The van der Waals surface area contributed by atoms with E-state index in [1.54, 1.807) is 30.7 Å². The Morgan fingerprint density at radius 2 is 2.07 bits per heavy atom. The van der Waals surface area contributed by atoms with E-state index in [-0.39, 0.29) is 5.91 Å². The smallest absolute Gasteiger partial charge is 0.255 e. The molecule has 136 valence electrons. The lowest BCUT2D eigenvalue weighted by molar-refractivity contribution is 0.102. The fourth-order valence-electron chi connectivity index (χ4n) is 2.55. The van der Waals surface area contributed by atoms with E-state index in [1.807, 2.05) is 43.5 Å². The summed E-state index contributed by atoms with van der Waals surface area (Å²) in [5.41, 5.74) is 4.09. The highest BCUT2D eigenvalue weighted by Crippen LogP contribution is 2.22. The van der Waals surface area contributed by atoms with Crippen molar-refractivity contribution in [3.8, 4) is 0 Å². The van der Waals surface area contributed by atoms with Crippen molar-refractivity contribution in [2.45, 2.75) is 20.3 Å². The van der Waals surface area contributed by atoms with Crippen LogP contribution >= 0.6 is 0 Å². The third-order valence-corrected chi connectivity index (χ3v) is 4.05. The zero-order valence-corrected chi connectivity index (χ0v) is 15.3. The van der Waals surface area contributed by atoms with Crippen LogP contribution in [0.2, 0.25) is 0 Å². The first-order chi connectivity index (χ1) is 13.2. The first-order valence-corrected chi connectivity index (χ1v) is 8.75. The number of aromatic nitrogens is 3. The highest BCUT2D eigenvalue weighted by atomic mass is 16.1. The molecule has 0 bridgehead atoms. The molecule has 0 radical (unpaired) electrons. The average molecular weight is 359 g/mol. The molecule has 0 saturated carbocycles. The van der Waals surface area contributed by atoms with Gasteiger partial charge in [-0.25, -0.2) is 0 Å². The van der Waals surface area contributed by atoms with E-state index in [0.29, 0.717) is 11.3 Å². The summed E-state index contributed by atoms with van der Waals surface area (Å²) >= 11 is 0. The monoisotopic (exact) mass is 359 g/mol. The molecule has 2 aromatic heterocycles. The normalized spacial score (nSPS) is 12.3. The van der Waals surface area contributed by atoms with E-state index in [2.05, 4.69) is 32.4 Å². The number of carbonyl (C=O) groups excluding carboxylic acids is 1. The molecule has 6 heteroatoms. The van der Waals surface area contributed by atoms with Gasteiger partial charge in [-0.3, -0.25) is 19.9 Å². The van der Waals surface area contributed by atoms with Crippen LogP contribution in [-0.4, -0.2) is 27.3 Å². The van der Waals surface area contributed by atoms with E-state index in [1.165, 1.54) is 0 Å². The molecule has 0 atom stereocenters. The van der Waals surface area contributed by atoms with Gasteiger partial charge >= 0.3 is 0 Å². The number of carbonyl (C=O) groups is 1. The van der Waals surface area contributed by atoms with Crippen molar-refractivity contribution in [2.75, 3.05) is 5.32 Å². The lowest BCUT2D eigenvalue weighted by Crippen LogP contribution is -2.11. The highest BCUT2D eigenvalue weighted by molar-refractivity contribution is 6.05. The predicted octanol–water partition coefficient (Wildman–Crippen LogP) is 4.61. The number of hydrogen-bond acceptors (Lipinski definition) is 4. The van der Waals surface area contributed by atoms with Crippen molar-refractivity contribution in [2.24, 2.45) is 4.99 Å². The lowest BCUT2D eigenvalue weighted by Gasteiger charge is -2.05. The first-order valence-electron chi connectivity index (χ1n) is 8.75. The number of rotatable bonds is 6. The third kappa shape index (κ3) is 4.55. The fourth-order valence-corrected chi connectivity index (χ4v) is 2.55. The first kappa shape index (κ1) is 18.3. The lowest BCUT2D eigenvalue weighted by atomic mass is 10.1. The summed E-state index contributed by atoms with van der Waals surface area (Å²) in [6.07, 6.45) is 11.6. The Morgan fingerprint density at radius 3 is 2.81 bits per heavy atom. The number of pyridine rings is 1. The number of aliphatic imine (C=N–C) groups is 1. The van der Waals surface area contributed by atoms with E-state index in [0.717, 1.165) is 28.6 Å². The minimum atomic E-state index is -0.175. The van der Waals surface area contributed by atoms with Crippen molar-refractivity contribution >= 4 is 34.8 Å². The average Bonchev–Trinajstić information content (AvgIpc) is 3.11. The molecule has 27 heavy (non-hydrogen) atoms. The molecule has 0 aliphatic heterocycles. The minimum Gasteiger partial charge on any atom is -0.322 e. The maximum absolute atomic E-state index is 12.3. The number of nitrogens with one attached hydrogen (secondary N) is 2. The van der Waals surface area contributed by atoms with Gasteiger partial charge in [0, 0.05) is 41.4 Å². The number of benzene rings is 1. The summed E-state index contributed by atoms with van der Waals surface area (Å²) in [5, 5.41) is 11.2. The van der Waals surface area contributed by atoms with Gasteiger partial charge in [-0.05, 0) is 55.3 Å². The maximum Gasteiger partial charge on any atom is 0.255 e. The highest BCUT2D eigenvalue weighted by Gasteiger charge is 2.08. The van der Waals surface area contributed by atoms with Crippen molar-refractivity contribution in [3.05, 3.63) is 71.8 Å². The van der Waals surface area contributed by atoms with Gasteiger partial charge in [-0.15, -0.1) is 0 Å². The minimum absolute atomic E-state index is 0.175. The molecule has 0 aliphatic carbocycles. The van der Waals surface area contributed by atoms with Crippen LogP contribution in [0, 0.1) is 0 Å². The molecule has 2 heterocycles. The molecule has 2 N–H and O–H groups in total. The molecule has 3 aromatic rings. The quantitative estimate of drug-likeness (QED) is 0.498. The Morgan fingerprint density at radius 1 is 1.26 bits per heavy atom. The summed E-state index contributed by atoms with van der Waals surface area (Å²) in [7, 11) is 0. The Kier molecular flexibility index (Phi) is 5.89. The largest absolute Gasteiger partial charge is 0.322 e. The summed E-state index contributed by atoms with van der Waals surface area (Å²) in [6.45, 7) is 3.97. The van der Waals surface area contributed by atoms with Crippen LogP contribution in [0.25, 0.3) is 17.0 Å². The van der Waals surface area contributed by atoms with Gasteiger partial charge in [0.1, 0.15) is 0 Å². The summed E-state index contributed by atoms with van der Waals surface area (Å²) in [6, 6.07) is 9.02. The molecule has 6 nitrogen and oxygen atoms in total. The van der Waals surface area contributed by atoms with Crippen molar-refractivity contribution < 1.29 is 4.79 Å². The second kappa shape index (κ2) is 8.71. The summed E-state index contributed by atoms with van der Waals surface area (Å²) in [4.78, 5) is 20.4. The molecule has 0 saturated heterocycles. The maximum atomic E-state index is 12.3. The second-order valence-electron chi connectivity index (χ2n) is 5.86. The van der Waals surface area contributed by atoms with Crippen LogP contribution in [0.1, 0.15) is 36.3 Å². The van der Waals surface area contributed by atoms with Crippen molar-refractivity contribution in [1.82, 2.24) is 15.2 Å².